The van der Waals surface area contributed by atoms with Gasteiger partial charge in [-0.05, 0) is 147 Å². The summed E-state index contributed by atoms with van der Waals surface area (Å²) in [6.45, 7) is 11.5. The minimum atomic E-state index is -0.140. The van der Waals surface area contributed by atoms with Gasteiger partial charge in [0, 0.05) is 55.9 Å². The van der Waals surface area contributed by atoms with Gasteiger partial charge >= 0.3 is 0 Å². The molecule has 0 saturated carbocycles. The quantitative estimate of drug-likeness (QED) is 0.151. The van der Waals surface area contributed by atoms with Crippen LogP contribution in [0.4, 0.5) is 34.1 Å². The maximum atomic E-state index is 2.43. The molecular weight excluding hydrogens is 823 g/mol. The zero-order chi connectivity index (χ0) is 46.1. The van der Waals surface area contributed by atoms with Crippen molar-refractivity contribution >= 4 is 66.7 Å². The molecule has 12 rings (SSSR count). The van der Waals surface area contributed by atoms with E-state index in [1.54, 1.807) is 0 Å². The number of anilines is 6. The van der Waals surface area contributed by atoms with Crippen molar-refractivity contribution in [2.75, 3.05) is 9.80 Å². The van der Waals surface area contributed by atoms with Gasteiger partial charge in [0.1, 0.15) is 0 Å². The smallest absolute Gasteiger partial charge is 0.0541 e. The summed E-state index contributed by atoms with van der Waals surface area (Å²) in [5.41, 5.74) is 19.0. The van der Waals surface area contributed by atoms with E-state index in [-0.39, 0.29) is 10.8 Å². The Morgan fingerprint density at radius 3 is 1.74 bits per heavy atom. The maximum Gasteiger partial charge on any atom is 0.0541 e. The van der Waals surface area contributed by atoms with Crippen LogP contribution in [-0.2, 0) is 10.8 Å². The third-order valence-electron chi connectivity index (χ3n) is 14.3. The third kappa shape index (κ3) is 6.88. The average molecular weight is 876 g/mol. The molecule has 0 amide bonds. The average Bonchev–Trinajstić information content (AvgIpc) is 3.82. The van der Waals surface area contributed by atoms with E-state index in [0.717, 1.165) is 50.9 Å². The number of benzene rings is 10. The molecule has 0 bridgehead atoms. The molecule has 0 fully saturated rings. The molecule has 1 aromatic heterocycles. The Labute approximate surface area is 399 Å². The van der Waals surface area contributed by atoms with Crippen molar-refractivity contribution in [3.05, 3.63) is 247 Å². The molecular formula is C65H53N3. The van der Waals surface area contributed by atoms with Crippen LogP contribution < -0.4 is 9.80 Å². The number of hydrogen-bond acceptors (Lipinski definition) is 2. The highest BCUT2D eigenvalue weighted by Crippen LogP contribution is 2.52. The van der Waals surface area contributed by atoms with E-state index >= 15 is 0 Å². The van der Waals surface area contributed by atoms with Crippen molar-refractivity contribution < 1.29 is 0 Å². The van der Waals surface area contributed by atoms with Crippen LogP contribution in [0.25, 0.3) is 60.5 Å². The Hall–Kier alpha value is -8.14. The molecule has 68 heavy (non-hydrogen) atoms. The standard InChI is InChI=1S/C65H53N3/c1-64(2,3)47-30-33-50(34-31-47)68-61-27-17-15-25-56(61)58-41-46(29-38-63(58)68)57-42-52(36-39-62(57)67(49-22-10-7-11-23-49)51-32-28-44-18-12-13-19-45(44)40-51)66(48-20-8-6-9-21-48)53-35-37-55-54-24-14-16-26-59(54)65(4,5)60(55)43-53/h6-43H,1-5H3. The van der Waals surface area contributed by atoms with Crippen LogP contribution in [0, 0.1) is 0 Å². The van der Waals surface area contributed by atoms with Crippen LogP contribution in [0.2, 0.25) is 0 Å². The first-order valence-electron chi connectivity index (χ1n) is 23.8. The van der Waals surface area contributed by atoms with E-state index in [1.807, 2.05) is 0 Å². The lowest BCUT2D eigenvalue weighted by molar-refractivity contribution is 0.590. The molecule has 1 aliphatic rings. The van der Waals surface area contributed by atoms with E-state index in [4.69, 9.17) is 0 Å². The highest BCUT2D eigenvalue weighted by atomic mass is 15.2. The fourth-order valence-corrected chi connectivity index (χ4v) is 10.8. The summed E-state index contributed by atoms with van der Waals surface area (Å²) in [4.78, 5) is 4.86. The number of hydrogen-bond donors (Lipinski definition) is 0. The van der Waals surface area contributed by atoms with Gasteiger partial charge in [-0.1, -0.05) is 168 Å². The summed E-state index contributed by atoms with van der Waals surface area (Å²) in [7, 11) is 0. The van der Waals surface area contributed by atoms with Crippen LogP contribution in [0.15, 0.2) is 231 Å². The van der Waals surface area contributed by atoms with Gasteiger partial charge < -0.3 is 14.4 Å². The number of para-hydroxylation sites is 3. The van der Waals surface area contributed by atoms with Gasteiger partial charge in [-0.3, -0.25) is 0 Å². The molecule has 0 radical (unpaired) electrons. The van der Waals surface area contributed by atoms with Crippen molar-refractivity contribution in [2.45, 2.75) is 45.4 Å². The Balaban J connectivity index is 1.10. The zero-order valence-corrected chi connectivity index (χ0v) is 39.3. The fraction of sp³-hybridized carbons (Fsp3) is 0.108. The molecule has 0 spiro atoms. The summed E-state index contributed by atoms with van der Waals surface area (Å²) in [6.07, 6.45) is 0. The second kappa shape index (κ2) is 16.0. The van der Waals surface area contributed by atoms with E-state index < -0.39 is 0 Å². The molecule has 0 N–H and O–H groups in total. The van der Waals surface area contributed by atoms with Gasteiger partial charge in [0.25, 0.3) is 0 Å². The Kier molecular flexibility index (Phi) is 9.74. The SMILES string of the molecule is CC(C)(C)c1ccc(-n2c3ccccc3c3cc(-c4cc(N(c5ccccc5)c5ccc6c(c5)C(C)(C)c5ccccc5-6)ccc4N(c4ccccc4)c4ccc5ccccc5c4)ccc32)cc1. The Morgan fingerprint density at radius 1 is 0.382 bits per heavy atom. The second-order valence-electron chi connectivity index (χ2n) is 19.9. The number of fused-ring (bicyclic) bond motifs is 7. The fourth-order valence-electron chi connectivity index (χ4n) is 10.8. The van der Waals surface area contributed by atoms with E-state index in [2.05, 4.69) is 280 Å². The lowest BCUT2D eigenvalue weighted by atomic mass is 9.82. The number of rotatable bonds is 8. The first-order valence-corrected chi connectivity index (χ1v) is 23.8. The zero-order valence-electron chi connectivity index (χ0n) is 39.3. The first kappa shape index (κ1) is 41.3. The van der Waals surface area contributed by atoms with Crippen LogP contribution >= 0.6 is 0 Å². The molecule has 1 aliphatic carbocycles. The van der Waals surface area contributed by atoms with Crippen molar-refractivity contribution in [1.82, 2.24) is 4.57 Å². The van der Waals surface area contributed by atoms with Gasteiger partial charge in [-0.2, -0.15) is 0 Å². The van der Waals surface area contributed by atoms with Gasteiger partial charge in [-0.25, -0.2) is 0 Å². The molecule has 3 heteroatoms. The molecule has 0 atom stereocenters. The number of aromatic nitrogens is 1. The van der Waals surface area contributed by atoms with Crippen LogP contribution in [-0.4, -0.2) is 4.57 Å². The van der Waals surface area contributed by atoms with Gasteiger partial charge in [-0.15, -0.1) is 0 Å². The van der Waals surface area contributed by atoms with E-state index in [0.29, 0.717) is 0 Å². The van der Waals surface area contributed by atoms with E-state index in [1.165, 1.54) is 60.4 Å². The largest absolute Gasteiger partial charge is 0.310 e. The molecule has 11 aromatic rings. The van der Waals surface area contributed by atoms with Crippen molar-refractivity contribution in [3.63, 3.8) is 0 Å². The van der Waals surface area contributed by atoms with Crippen LogP contribution in [0.1, 0.15) is 51.3 Å². The predicted molar refractivity (Wildman–Crippen MR) is 289 cm³/mol. The highest BCUT2D eigenvalue weighted by Gasteiger charge is 2.36. The lowest BCUT2D eigenvalue weighted by Gasteiger charge is -2.31. The molecule has 10 aromatic carbocycles. The summed E-state index contributed by atoms with van der Waals surface area (Å²) >= 11 is 0. The monoisotopic (exact) mass is 875 g/mol. The molecule has 0 saturated heterocycles. The van der Waals surface area contributed by atoms with Gasteiger partial charge in [0.05, 0.1) is 16.7 Å². The topological polar surface area (TPSA) is 11.4 Å². The summed E-state index contributed by atoms with van der Waals surface area (Å²) < 4.78 is 2.42. The highest BCUT2D eigenvalue weighted by molar-refractivity contribution is 6.11. The van der Waals surface area contributed by atoms with Crippen molar-refractivity contribution in [2.24, 2.45) is 0 Å². The van der Waals surface area contributed by atoms with Crippen LogP contribution in [0.5, 0.6) is 0 Å². The van der Waals surface area contributed by atoms with Crippen molar-refractivity contribution in [1.29, 1.82) is 0 Å². The summed E-state index contributed by atoms with van der Waals surface area (Å²) in [6, 6.07) is 85.2. The molecule has 0 aliphatic heterocycles. The van der Waals surface area contributed by atoms with Crippen LogP contribution in [0.3, 0.4) is 0 Å². The first-order chi connectivity index (χ1) is 33.1. The molecule has 1 heterocycles. The van der Waals surface area contributed by atoms with E-state index in [9.17, 15) is 0 Å². The summed E-state index contributed by atoms with van der Waals surface area (Å²) in [5, 5.41) is 4.86. The van der Waals surface area contributed by atoms with Gasteiger partial charge in [0.15, 0.2) is 0 Å². The molecule has 3 nitrogen and oxygen atoms in total. The maximum absolute atomic E-state index is 2.43. The summed E-state index contributed by atoms with van der Waals surface area (Å²) in [5.74, 6) is 0. The van der Waals surface area contributed by atoms with Crippen molar-refractivity contribution in [3.8, 4) is 27.9 Å². The minimum absolute atomic E-state index is 0.0695. The predicted octanol–water partition coefficient (Wildman–Crippen LogP) is 18.1. The molecule has 328 valence electrons. The Bertz CT molecular complexity index is 3690. The normalized spacial score (nSPS) is 12.9. The molecule has 0 unspecified atom stereocenters. The van der Waals surface area contributed by atoms with Gasteiger partial charge in [0.2, 0.25) is 0 Å². The number of nitrogens with zero attached hydrogens (tertiary/aromatic N) is 3. The minimum Gasteiger partial charge on any atom is -0.310 e. The second-order valence-corrected chi connectivity index (χ2v) is 19.9. The third-order valence-corrected chi connectivity index (χ3v) is 14.3. The Morgan fingerprint density at radius 2 is 0.971 bits per heavy atom. The lowest BCUT2D eigenvalue weighted by Crippen LogP contribution is -2.17.